The molecule has 28 heavy (non-hydrogen) atoms. The van der Waals surface area contributed by atoms with Gasteiger partial charge < -0.3 is 9.64 Å². The maximum atomic E-state index is 13.0. The molecule has 2 aromatic rings. The van der Waals surface area contributed by atoms with Gasteiger partial charge in [0.25, 0.3) is 5.91 Å². The van der Waals surface area contributed by atoms with Crippen molar-refractivity contribution in [3.63, 3.8) is 0 Å². The molecule has 0 aliphatic carbocycles. The first kappa shape index (κ1) is 19.9. The summed E-state index contributed by atoms with van der Waals surface area (Å²) >= 11 is 0. The normalized spacial score (nSPS) is 13.0. The van der Waals surface area contributed by atoms with Crippen LogP contribution in [0.2, 0.25) is 0 Å². The standard InChI is InChI=1S/C22H25FN2O3/c1-2-25(23)21(26)10-6-16-28-19-13-11-18(12-14-19)22(27)24-15-5-8-17-7-3-4-9-20(17)24/h3-4,7,9,11-14H,2,5-6,8,10,15-16H2,1H3. The van der Waals surface area contributed by atoms with Gasteiger partial charge in [0.05, 0.1) is 13.2 Å². The number of nitrogens with zero attached hydrogens (tertiary/aromatic N) is 2. The van der Waals surface area contributed by atoms with Crippen molar-refractivity contribution >= 4 is 17.5 Å². The molecule has 1 heterocycles. The summed E-state index contributed by atoms with van der Waals surface area (Å²) in [4.78, 5) is 26.1. The molecule has 5 nitrogen and oxygen atoms in total. The predicted molar refractivity (Wildman–Crippen MR) is 106 cm³/mol. The molecule has 0 N–H and O–H groups in total. The number of amides is 2. The minimum absolute atomic E-state index is 0.0214. The molecular weight excluding hydrogens is 359 g/mol. The van der Waals surface area contributed by atoms with Crippen LogP contribution in [0.25, 0.3) is 0 Å². The Hall–Kier alpha value is -2.89. The van der Waals surface area contributed by atoms with Gasteiger partial charge in [-0.05, 0) is 62.1 Å². The van der Waals surface area contributed by atoms with Crippen molar-refractivity contribution in [2.24, 2.45) is 0 Å². The van der Waals surface area contributed by atoms with E-state index < -0.39 is 5.91 Å². The first-order chi connectivity index (χ1) is 13.6. The fraction of sp³-hybridized carbons (Fsp3) is 0.364. The van der Waals surface area contributed by atoms with Gasteiger partial charge in [-0.3, -0.25) is 9.59 Å². The van der Waals surface area contributed by atoms with Crippen LogP contribution < -0.4 is 9.64 Å². The lowest BCUT2D eigenvalue weighted by Gasteiger charge is -2.29. The highest BCUT2D eigenvalue weighted by atomic mass is 19.2. The highest BCUT2D eigenvalue weighted by Crippen LogP contribution is 2.28. The molecule has 0 unspecified atom stereocenters. The van der Waals surface area contributed by atoms with Gasteiger partial charge in [-0.2, -0.15) is 5.12 Å². The van der Waals surface area contributed by atoms with Gasteiger partial charge in [0.2, 0.25) is 5.91 Å². The number of carbonyl (C=O) groups is 2. The lowest BCUT2D eigenvalue weighted by atomic mass is 10.0. The maximum Gasteiger partial charge on any atom is 0.258 e. The Morgan fingerprint density at radius 2 is 1.89 bits per heavy atom. The molecule has 0 radical (unpaired) electrons. The van der Waals surface area contributed by atoms with E-state index in [0.29, 0.717) is 30.9 Å². The van der Waals surface area contributed by atoms with Gasteiger partial charge in [0.1, 0.15) is 5.75 Å². The van der Waals surface area contributed by atoms with E-state index in [-0.39, 0.29) is 24.0 Å². The Morgan fingerprint density at radius 3 is 2.64 bits per heavy atom. The van der Waals surface area contributed by atoms with Gasteiger partial charge in [-0.15, -0.1) is 0 Å². The summed E-state index contributed by atoms with van der Waals surface area (Å²) in [6.07, 6.45) is 2.49. The summed E-state index contributed by atoms with van der Waals surface area (Å²) in [5.41, 5.74) is 2.79. The van der Waals surface area contributed by atoms with Crippen LogP contribution in [0, 0.1) is 0 Å². The highest BCUT2D eigenvalue weighted by molar-refractivity contribution is 6.06. The average Bonchev–Trinajstić information content (AvgIpc) is 2.75. The number of benzene rings is 2. The second-order valence-electron chi connectivity index (χ2n) is 6.74. The molecule has 1 aliphatic rings. The Morgan fingerprint density at radius 1 is 1.14 bits per heavy atom. The van der Waals surface area contributed by atoms with Crippen LogP contribution in [0.15, 0.2) is 48.5 Å². The van der Waals surface area contributed by atoms with Crippen LogP contribution in [0.4, 0.5) is 10.2 Å². The SMILES string of the molecule is CCN(F)C(=O)CCCOc1ccc(C(=O)N2CCCc3ccccc32)cc1. The number of hydrogen-bond acceptors (Lipinski definition) is 3. The largest absolute Gasteiger partial charge is 0.494 e. The topological polar surface area (TPSA) is 49.9 Å². The molecule has 0 bridgehead atoms. The minimum Gasteiger partial charge on any atom is -0.494 e. The molecule has 2 amide bonds. The van der Waals surface area contributed by atoms with Gasteiger partial charge in [-0.25, -0.2) is 0 Å². The number of rotatable bonds is 7. The molecule has 0 saturated heterocycles. The molecule has 0 saturated carbocycles. The van der Waals surface area contributed by atoms with E-state index in [2.05, 4.69) is 6.07 Å². The van der Waals surface area contributed by atoms with E-state index in [1.165, 1.54) is 5.56 Å². The van der Waals surface area contributed by atoms with E-state index in [0.717, 1.165) is 18.5 Å². The van der Waals surface area contributed by atoms with Crippen molar-refractivity contribution in [3.8, 4) is 5.75 Å². The third-order valence-electron chi connectivity index (χ3n) is 4.81. The quantitative estimate of drug-likeness (QED) is 0.532. The first-order valence-corrected chi connectivity index (χ1v) is 9.69. The van der Waals surface area contributed by atoms with Crippen LogP contribution in [0.3, 0.4) is 0 Å². The Kier molecular flexibility index (Phi) is 6.63. The monoisotopic (exact) mass is 384 g/mol. The highest BCUT2D eigenvalue weighted by Gasteiger charge is 2.23. The molecule has 6 heteroatoms. The Labute approximate surface area is 164 Å². The second-order valence-corrected chi connectivity index (χ2v) is 6.74. The fourth-order valence-electron chi connectivity index (χ4n) is 3.31. The van der Waals surface area contributed by atoms with Crippen molar-refractivity contribution in [2.75, 3.05) is 24.6 Å². The molecule has 148 valence electrons. The third-order valence-corrected chi connectivity index (χ3v) is 4.81. The number of hydrogen-bond donors (Lipinski definition) is 0. The molecule has 0 atom stereocenters. The fourth-order valence-corrected chi connectivity index (χ4v) is 3.31. The van der Waals surface area contributed by atoms with Gasteiger partial charge in [0.15, 0.2) is 0 Å². The van der Waals surface area contributed by atoms with Crippen molar-refractivity contribution in [1.29, 1.82) is 0 Å². The summed E-state index contributed by atoms with van der Waals surface area (Å²) in [6.45, 7) is 2.66. The number of ether oxygens (including phenoxy) is 1. The van der Waals surface area contributed by atoms with E-state index in [9.17, 15) is 14.1 Å². The lowest BCUT2D eigenvalue weighted by Crippen LogP contribution is -2.35. The molecule has 0 spiro atoms. The predicted octanol–water partition coefficient (Wildman–Crippen LogP) is 4.17. The summed E-state index contributed by atoms with van der Waals surface area (Å²) in [5, 5.41) is 0.207. The number of fused-ring (bicyclic) bond motifs is 1. The van der Waals surface area contributed by atoms with Crippen molar-refractivity contribution in [3.05, 3.63) is 59.7 Å². The second kappa shape index (κ2) is 9.35. The number of anilines is 1. The van der Waals surface area contributed by atoms with Crippen LogP contribution in [0.1, 0.15) is 42.1 Å². The molecule has 2 aromatic carbocycles. The molecule has 0 fully saturated rings. The zero-order valence-electron chi connectivity index (χ0n) is 16.1. The average molecular weight is 384 g/mol. The number of halogens is 1. The maximum absolute atomic E-state index is 13.0. The van der Waals surface area contributed by atoms with Gasteiger partial charge >= 0.3 is 0 Å². The Bertz CT molecular complexity index is 823. The van der Waals surface area contributed by atoms with Crippen molar-refractivity contribution in [2.45, 2.75) is 32.6 Å². The summed E-state index contributed by atoms with van der Waals surface area (Å²) in [6, 6.07) is 15.0. The van der Waals surface area contributed by atoms with Crippen molar-refractivity contribution in [1.82, 2.24) is 5.12 Å². The number of aryl methyl sites for hydroxylation is 1. The third kappa shape index (κ3) is 4.68. The van der Waals surface area contributed by atoms with E-state index in [1.807, 2.05) is 23.1 Å². The summed E-state index contributed by atoms with van der Waals surface area (Å²) < 4.78 is 18.6. The van der Waals surface area contributed by atoms with Crippen molar-refractivity contribution < 1.29 is 18.8 Å². The zero-order chi connectivity index (χ0) is 19.9. The minimum atomic E-state index is -0.533. The Balaban J connectivity index is 1.55. The van der Waals surface area contributed by atoms with Gasteiger partial charge in [0, 0.05) is 24.2 Å². The number of para-hydroxylation sites is 1. The van der Waals surface area contributed by atoms with Crippen LogP contribution in [-0.4, -0.2) is 36.6 Å². The molecular formula is C22H25FN2O3. The molecule has 0 aromatic heterocycles. The van der Waals surface area contributed by atoms with E-state index in [1.54, 1.807) is 31.2 Å². The number of carbonyl (C=O) groups excluding carboxylic acids is 2. The summed E-state index contributed by atoms with van der Waals surface area (Å²) in [7, 11) is 0. The smallest absolute Gasteiger partial charge is 0.258 e. The van der Waals surface area contributed by atoms with Crippen LogP contribution >= 0.6 is 0 Å². The van der Waals surface area contributed by atoms with Crippen LogP contribution in [0.5, 0.6) is 5.75 Å². The van der Waals surface area contributed by atoms with E-state index >= 15 is 0 Å². The molecule has 3 rings (SSSR count). The summed E-state index contributed by atoms with van der Waals surface area (Å²) in [5.74, 6) is 0.0661. The first-order valence-electron chi connectivity index (χ1n) is 9.69. The van der Waals surface area contributed by atoms with Crippen LogP contribution in [-0.2, 0) is 11.2 Å². The van der Waals surface area contributed by atoms with Gasteiger partial charge in [-0.1, -0.05) is 22.7 Å². The molecule has 1 aliphatic heterocycles. The lowest BCUT2D eigenvalue weighted by molar-refractivity contribution is -0.146. The van der Waals surface area contributed by atoms with E-state index in [4.69, 9.17) is 4.74 Å². The zero-order valence-corrected chi connectivity index (χ0v) is 16.1.